The molecule has 0 radical (unpaired) electrons. The van der Waals surface area contributed by atoms with E-state index < -0.39 is 5.60 Å². The van der Waals surface area contributed by atoms with E-state index in [1.807, 2.05) is 63.2 Å². The smallest absolute Gasteiger partial charge is 0.338 e. The van der Waals surface area contributed by atoms with Gasteiger partial charge in [0.2, 0.25) is 0 Å². The van der Waals surface area contributed by atoms with Crippen LogP contribution < -0.4 is 0 Å². The summed E-state index contributed by atoms with van der Waals surface area (Å²) in [6.45, 7) is 10.4. The van der Waals surface area contributed by atoms with E-state index in [-0.39, 0.29) is 11.9 Å². The van der Waals surface area contributed by atoms with Crippen LogP contribution in [-0.2, 0) is 14.3 Å². The molecule has 0 saturated carbocycles. The van der Waals surface area contributed by atoms with E-state index in [4.69, 9.17) is 9.47 Å². The van der Waals surface area contributed by atoms with Gasteiger partial charge in [-0.25, -0.2) is 4.79 Å². The zero-order chi connectivity index (χ0) is 24.3. The van der Waals surface area contributed by atoms with E-state index in [0.29, 0.717) is 30.3 Å². The van der Waals surface area contributed by atoms with Crippen molar-refractivity contribution in [2.75, 3.05) is 12.4 Å². The third kappa shape index (κ3) is 10.0. The second-order valence-corrected chi connectivity index (χ2v) is 10.5. The molecule has 0 aromatic heterocycles. The van der Waals surface area contributed by atoms with Crippen molar-refractivity contribution in [3.05, 3.63) is 54.1 Å². The maximum absolute atomic E-state index is 12.7. The second-order valence-electron chi connectivity index (χ2n) is 9.31. The van der Waals surface area contributed by atoms with Crippen LogP contribution in [0.1, 0.15) is 77.1 Å². The van der Waals surface area contributed by atoms with E-state index >= 15 is 0 Å². The van der Waals surface area contributed by atoms with Crippen molar-refractivity contribution in [1.29, 1.82) is 0 Å². The van der Waals surface area contributed by atoms with Gasteiger partial charge in [0.25, 0.3) is 0 Å². The van der Waals surface area contributed by atoms with Gasteiger partial charge in [0.05, 0.1) is 18.6 Å². The molecule has 0 spiro atoms. The fourth-order valence-corrected chi connectivity index (χ4v) is 4.29. The van der Waals surface area contributed by atoms with Gasteiger partial charge >= 0.3 is 11.9 Å². The molecule has 0 aliphatic heterocycles. The van der Waals surface area contributed by atoms with Gasteiger partial charge in [0, 0.05) is 10.6 Å². The van der Waals surface area contributed by atoms with Crippen LogP contribution >= 0.6 is 11.8 Å². The monoisotopic (exact) mass is 470 g/mol. The number of rotatable bonds is 12. The van der Waals surface area contributed by atoms with Gasteiger partial charge in [-0.2, -0.15) is 0 Å². The maximum Gasteiger partial charge on any atom is 0.338 e. The molecular formula is C28H38O4S. The highest BCUT2D eigenvalue weighted by molar-refractivity contribution is 7.99. The van der Waals surface area contributed by atoms with Crippen LogP contribution in [0.4, 0.5) is 0 Å². The predicted octanol–water partition coefficient (Wildman–Crippen LogP) is 7.55. The zero-order valence-electron chi connectivity index (χ0n) is 20.7. The summed E-state index contributed by atoms with van der Waals surface area (Å²) >= 11 is 1.55. The summed E-state index contributed by atoms with van der Waals surface area (Å²) in [7, 11) is 0. The van der Waals surface area contributed by atoms with E-state index in [1.54, 1.807) is 11.8 Å². The zero-order valence-corrected chi connectivity index (χ0v) is 21.5. The topological polar surface area (TPSA) is 52.6 Å². The van der Waals surface area contributed by atoms with Crippen molar-refractivity contribution < 1.29 is 19.1 Å². The normalized spacial score (nSPS) is 12.3. The largest absolute Gasteiger partial charge is 0.465 e. The van der Waals surface area contributed by atoms with Crippen LogP contribution in [-0.4, -0.2) is 29.9 Å². The van der Waals surface area contributed by atoms with Crippen molar-refractivity contribution in [2.24, 2.45) is 5.92 Å². The molecule has 2 aromatic rings. The van der Waals surface area contributed by atoms with Gasteiger partial charge in [-0.15, -0.1) is 11.8 Å². The number of esters is 2. The molecule has 1 unspecified atom stereocenters. The summed E-state index contributed by atoms with van der Waals surface area (Å²) in [4.78, 5) is 25.9. The Morgan fingerprint density at radius 1 is 1.00 bits per heavy atom. The summed E-state index contributed by atoms with van der Waals surface area (Å²) in [5, 5.41) is 0. The minimum atomic E-state index is -0.565. The summed E-state index contributed by atoms with van der Waals surface area (Å²) in [6.07, 6.45) is 4.81. The lowest BCUT2D eigenvalue weighted by Gasteiger charge is -2.20. The van der Waals surface area contributed by atoms with E-state index in [1.165, 1.54) is 6.42 Å². The molecule has 1 atom stereocenters. The highest BCUT2D eigenvalue weighted by atomic mass is 32.2. The first-order valence-electron chi connectivity index (χ1n) is 11.9. The number of carbonyl (C=O) groups excluding carboxylic acids is 2. The van der Waals surface area contributed by atoms with Crippen LogP contribution in [0.25, 0.3) is 11.1 Å². The van der Waals surface area contributed by atoms with E-state index in [2.05, 4.69) is 19.9 Å². The molecule has 0 fully saturated rings. The van der Waals surface area contributed by atoms with Crippen molar-refractivity contribution in [1.82, 2.24) is 0 Å². The van der Waals surface area contributed by atoms with E-state index in [0.717, 1.165) is 35.3 Å². The molecule has 0 heterocycles. The van der Waals surface area contributed by atoms with Gasteiger partial charge in [0.15, 0.2) is 0 Å². The standard InChI is InChI=1S/C28H38O4S/c1-6-8-12-21(7-2)20-31-26(29)15-16-33-25-18-23(22-13-10-9-11-14-22)17-24(19-25)27(30)32-28(3,4)5/h9-11,13-14,17-19,21H,6-8,12,15-16,20H2,1-5H3. The van der Waals surface area contributed by atoms with Gasteiger partial charge < -0.3 is 9.47 Å². The fourth-order valence-electron chi connectivity index (χ4n) is 3.37. The number of thioether (sulfide) groups is 1. The number of hydrogen-bond acceptors (Lipinski definition) is 5. The molecule has 4 nitrogen and oxygen atoms in total. The number of unbranched alkanes of at least 4 members (excludes halogenated alkanes) is 1. The molecule has 0 saturated heterocycles. The Morgan fingerprint density at radius 2 is 1.73 bits per heavy atom. The third-order valence-corrected chi connectivity index (χ3v) is 6.22. The average Bonchev–Trinajstić information content (AvgIpc) is 2.78. The number of hydrogen-bond donors (Lipinski definition) is 0. The van der Waals surface area contributed by atoms with Crippen LogP contribution in [0.5, 0.6) is 0 Å². The van der Waals surface area contributed by atoms with Crippen LogP contribution in [0.15, 0.2) is 53.4 Å². The summed E-state index contributed by atoms with van der Waals surface area (Å²) < 4.78 is 11.1. The van der Waals surface area contributed by atoms with Gasteiger partial charge in [0.1, 0.15) is 5.60 Å². The first-order chi connectivity index (χ1) is 15.7. The molecule has 180 valence electrons. The molecular weight excluding hydrogens is 432 g/mol. The average molecular weight is 471 g/mol. The Morgan fingerprint density at radius 3 is 2.36 bits per heavy atom. The van der Waals surface area contributed by atoms with Crippen molar-refractivity contribution in [3.8, 4) is 11.1 Å². The van der Waals surface area contributed by atoms with Gasteiger partial charge in [-0.1, -0.05) is 63.4 Å². The van der Waals surface area contributed by atoms with Crippen molar-refractivity contribution >= 4 is 23.7 Å². The Hall–Kier alpha value is -2.27. The SMILES string of the molecule is CCCCC(CC)COC(=O)CCSc1cc(C(=O)OC(C)(C)C)cc(-c2ccccc2)c1. The fraction of sp³-hybridized carbons (Fsp3) is 0.500. The lowest BCUT2D eigenvalue weighted by Crippen LogP contribution is -2.23. The van der Waals surface area contributed by atoms with Crippen LogP contribution in [0, 0.1) is 5.92 Å². The maximum atomic E-state index is 12.7. The number of carbonyl (C=O) groups is 2. The number of benzene rings is 2. The Kier molecular flexibility index (Phi) is 11.0. The van der Waals surface area contributed by atoms with Crippen LogP contribution in [0.3, 0.4) is 0 Å². The third-order valence-electron chi connectivity index (χ3n) is 5.25. The van der Waals surface area contributed by atoms with Gasteiger partial charge in [-0.05, 0) is 62.4 Å². The Balaban J connectivity index is 2.04. The van der Waals surface area contributed by atoms with Crippen molar-refractivity contribution in [3.63, 3.8) is 0 Å². The molecule has 0 amide bonds. The Bertz CT molecular complexity index is 887. The van der Waals surface area contributed by atoms with Crippen molar-refractivity contribution in [2.45, 2.75) is 77.2 Å². The molecule has 2 rings (SSSR count). The molecule has 0 bridgehead atoms. The quantitative estimate of drug-likeness (QED) is 0.237. The molecule has 5 heteroatoms. The second kappa shape index (κ2) is 13.4. The molecule has 2 aromatic carbocycles. The predicted molar refractivity (Wildman–Crippen MR) is 137 cm³/mol. The highest BCUT2D eigenvalue weighted by Gasteiger charge is 2.19. The van der Waals surface area contributed by atoms with E-state index in [9.17, 15) is 9.59 Å². The first kappa shape index (κ1) is 27.0. The molecule has 0 N–H and O–H groups in total. The minimum absolute atomic E-state index is 0.163. The molecule has 0 aliphatic carbocycles. The lowest BCUT2D eigenvalue weighted by atomic mass is 10.0. The van der Waals surface area contributed by atoms with Gasteiger partial charge in [-0.3, -0.25) is 4.79 Å². The summed E-state index contributed by atoms with van der Waals surface area (Å²) in [5.41, 5.74) is 1.93. The highest BCUT2D eigenvalue weighted by Crippen LogP contribution is 2.29. The van der Waals surface area contributed by atoms with Crippen LogP contribution in [0.2, 0.25) is 0 Å². The summed E-state index contributed by atoms with van der Waals surface area (Å²) in [6, 6.07) is 15.7. The molecule has 0 aliphatic rings. The Labute approximate surface area is 203 Å². The lowest BCUT2D eigenvalue weighted by molar-refractivity contribution is -0.144. The first-order valence-corrected chi connectivity index (χ1v) is 12.9. The molecule has 33 heavy (non-hydrogen) atoms. The summed E-state index contributed by atoms with van der Waals surface area (Å²) in [5.74, 6) is 0.528. The minimum Gasteiger partial charge on any atom is -0.465 e. The number of ether oxygens (including phenoxy) is 2.